The molecule has 1 aliphatic heterocycles. The summed E-state index contributed by atoms with van der Waals surface area (Å²) in [6, 6.07) is 3.60. The Morgan fingerprint density at radius 1 is 1.54 bits per heavy atom. The highest BCUT2D eigenvalue weighted by molar-refractivity contribution is 7.71. The minimum absolute atomic E-state index is 0.0562. The van der Waals surface area contributed by atoms with Gasteiger partial charge < -0.3 is 9.82 Å². The van der Waals surface area contributed by atoms with Crippen LogP contribution in [0.15, 0.2) is 18.3 Å². The van der Waals surface area contributed by atoms with Gasteiger partial charge in [-0.15, -0.1) is 5.48 Å². The summed E-state index contributed by atoms with van der Waals surface area (Å²) >= 11 is 4.90. The lowest BCUT2D eigenvalue weighted by molar-refractivity contribution is -0.143. The van der Waals surface area contributed by atoms with Crippen LogP contribution in [0.2, 0.25) is 0 Å². The van der Waals surface area contributed by atoms with E-state index < -0.39 is 0 Å². The van der Waals surface area contributed by atoms with Crippen molar-refractivity contribution in [2.24, 2.45) is 0 Å². The normalized spacial score (nSPS) is 21.5. The van der Waals surface area contributed by atoms with Gasteiger partial charge in [-0.2, -0.15) is 0 Å². The molecule has 1 aromatic heterocycles. The van der Waals surface area contributed by atoms with Gasteiger partial charge in [-0.1, -0.05) is 18.3 Å². The summed E-state index contributed by atoms with van der Waals surface area (Å²) in [5.41, 5.74) is 3.61. The van der Waals surface area contributed by atoms with Gasteiger partial charge >= 0.3 is 5.97 Å². The minimum Gasteiger partial charge on any atom is -0.370 e. The lowest BCUT2D eigenvalue weighted by atomic mass is 10.1. The first-order chi connectivity index (χ1) is 6.25. The molecule has 2 heterocycles. The van der Waals surface area contributed by atoms with Crippen LogP contribution >= 0.6 is 12.2 Å². The van der Waals surface area contributed by atoms with E-state index in [9.17, 15) is 4.79 Å². The van der Waals surface area contributed by atoms with Crippen molar-refractivity contribution in [3.8, 4) is 0 Å². The number of H-pyrrole nitrogens is 1. The van der Waals surface area contributed by atoms with Gasteiger partial charge in [-0.25, -0.2) is 0 Å². The molecule has 1 fully saturated rings. The van der Waals surface area contributed by atoms with E-state index in [0.29, 0.717) is 11.1 Å². The zero-order chi connectivity index (χ0) is 9.26. The Hall–Kier alpha value is -1.20. The molecule has 0 aliphatic carbocycles. The molecule has 1 atom stereocenters. The summed E-state index contributed by atoms with van der Waals surface area (Å²) in [6.45, 7) is 0. The number of aromatic amines is 1. The number of hydroxylamine groups is 1. The van der Waals surface area contributed by atoms with E-state index in [0.717, 1.165) is 5.56 Å². The third-order valence-electron chi connectivity index (χ3n) is 1.90. The third-order valence-corrected chi connectivity index (χ3v) is 2.15. The van der Waals surface area contributed by atoms with Crippen LogP contribution in [0.5, 0.6) is 0 Å². The lowest BCUT2D eigenvalue weighted by Gasteiger charge is -2.05. The number of nitrogens with one attached hydrogen (secondary N) is 2. The summed E-state index contributed by atoms with van der Waals surface area (Å²) in [5, 5.41) is 0. The molecule has 5 heteroatoms. The average Bonchev–Trinajstić information content (AvgIpc) is 2.53. The van der Waals surface area contributed by atoms with Gasteiger partial charge in [0.15, 0.2) is 0 Å². The van der Waals surface area contributed by atoms with Gasteiger partial charge in [0.1, 0.15) is 4.64 Å². The first kappa shape index (κ1) is 8.40. The molecule has 2 rings (SSSR count). The summed E-state index contributed by atoms with van der Waals surface area (Å²) in [5.74, 6) is -0.229. The van der Waals surface area contributed by atoms with Crippen LogP contribution in [0.1, 0.15) is 18.0 Å². The van der Waals surface area contributed by atoms with Crippen molar-refractivity contribution in [2.45, 2.75) is 12.5 Å². The van der Waals surface area contributed by atoms with Crippen molar-refractivity contribution in [1.82, 2.24) is 10.5 Å². The molecule has 13 heavy (non-hydrogen) atoms. The first-order valence-electron chi connectivity index (χ1n) is 3.89. The Bertz CT molecular complexity index is 367. The Kier molecular flexibility index (Phi) is 2.12. The predicted octanol–water partition coefficient (Wildman–Crippen LogP) is 1.24. The van der Waals surface area contributed by atoms with Crippen LogP contribution in [-0.4, -0.2) is 11.0 Å². The smallest absolute Gasteiger partial charge is 0.326 e. The van der Waals surface area contributed by atoms with Crippen LogP contribution < -0.4 is 5.48 Å². The van der Waals surface area contributed by atoms with Crippen molar-refractivity contribution in [1.29, 1.82) is 0 Å². The van der Waals surface area contributed by atoms with Gasteiger partial charge in [-0.05, 0) is 11.6 Å². The second-order valence-electron chi connectivity index (χ2n) is 2.83. The quantitative estimate of drug-likeness (QED) is 0.663. The Morgan fingerprint density at radius 3 is 2.92 bits per heavy atom. The fourth-order valence-electron chi connectivity index (χ4n) is 1.21. The SMILES string of the molecule is O=C1CC(c2ccc(=S)[nH]c2)NO1. The zero-order valence-corrected chi connectivity index (χ0v) is 7.56. The maximum absolute atomic E-state index is 10.8. The molecule has 0 aromatic carbocycles. The van der Waals surface area contributed by atoms with Crippen molar-refractivity contribution in [3.05, 3.63) is 28.5 Å². The molecule has 0 bridgehead atoms. The number of carbonyl (C=O) groups excluding carboxylic acids is 1. The Balaban J connectivity index is 2.21. The van der Waals surface area contributed by atoms with Crippen LogP contribution in [0.3, 0.4) is 0 Å². The molecule has 1 saturated heterocycles. The van der Waals surface area contributed by atoms with E-state index in [2.05, 4.69) is 15.3 Å². The van der Waals surface area contributed by atoms with Crippen LogP contribution in [-0.2, 0) is 9.63 Å². The van der Waals surface area contributed by atoms with Crippen molar-refractivity contribution >= 4 is 18.2 Å². The molecule has 68 valence electrons. The van der Waals surface area contributed by atoms with E-state index in [1.165, 1.54) is 0 Å². The number of pyridine rings is 1. The van der Waals surface area contributed by atoms with Crippen molar-refractivity contribution < 1.29 is 9.63 Å². The highest BCUT2D eigenvalue weighted by Gasteiger charge is 2.24. The molecule has 1 unspecified atom stereocenters. The molecule has 2 N–H and O–H groups in total. The van der Waals surface area contributed by atoms with Gasteiger partial charge in [-0.3, -0.25) is 4.79 Å². The molecule has 1 aromatic rings. The van der Waals surface area contributed by atoms with Gasteiger partial charge in [0.05, 0.1) is 12.5 Å². The molecule has 4 nitrogen and oxygen atoms in total. The van der Waals surface area contributed by atoms with E-state index in [-0.39, 0.29) is 12.0 Å². The molecule has 0 amide bonds. The molecule has 0 saturated carbocycles. The van der Waals surface area contributed by atoms with E-state index in [1.54, 1.807) is 12.3 Å². The highest BCUT2D eigenvalue weighted by atomic mass is 32.1. The molecular weight excluding hydrogens is 188 g/mol. The second kappa shape index (κ2) is 3.27. The predicted molar refractivity (Wildman–Crippen MR) is 48.2 cm³/mol. The first-order valence-corrected chi connectivity index (χ1v) is 4.30. The van der Waals surface area contributed by atoms with Crippen LogP contribution in [0, 0.1) is 4.64 Å². The van der Waals surface area contributed by atoms with Gasteiger partial charge in [0.25, 0.3) is 0 Å². The molecular formula is C8H8N2O2S. The van der Waals surface area contributed by atoms with Crippen molar-refractivity contribution in [2.75, 3.05) is 0 Å². The fraction of sp³-hybridized carbons (Fsp3) is 0.250. The average molecular weight is 196 g/mol. The second-order valence-corrected chi connectivity index (χ2v) is 3.27. The number of hydrogen-bond donors (Lipinski definition) is 2. The van der Waals surface area contributed by atoms with Gasteiger partial charge in [0, 0.05) is 6.20 Å². The van der Waals surface area contributed by atoms with Gasteiger partial charge in [0.2, 0.25) is 0 Å². The fourth-order valence-corrected chi connectivity index (χ4v) is 1.34. The third kappa shape index (κ3) is 1.76. The summed E-state index contributed by atoms with van der Waals surface area (Å²) < 4.78 is 0.675. The largest absolute Gasteiger partial charge is 0.370 e. The number of rotatable bonds is 1. The monoisotopic (exact) mass is 196 g/mol. The Morgan fingerprint density at radius 2 is 2.38 bits per heavy atom. The maximum atomic E-state index is 10.8. The van der Waals surface area contributed by atoms with Crippen molar-refractivity contribution in [3.63, 3.8) is 0 Å². The van der Waals surface area contributed by atoms with E-state index >= 15 is 0 Å². The molecule has 0 radical (unpaired) electrons. The van der Waals surface area contributed by atoms with Crippen LogP contribution in [0.25, 0.3) is 0 Å². The topological polar surface area (TPSA) is 54.1 Å². The van der Waals surface area contributed by atoms with Crippen LogP contribution in [0.4, 0.5) is 0 Å². The number of aromatic nitrogens is 1. The lowest BCUT2D eigenvalue weighted by Crippen LogP contribution is -2.11. The number of carbonyl (C=O) groups is 1. The highest BCUT2D eigenvalue weighted by Crippen LogP contribution is 2.20. The summed E-state index contributed by atoms with van der Waals surface area (Å²) in [6.07, 6.45) is 2.15. The summed E-state index contributed by atoms with van der Waals surface area (Å²) in [4.78, 5) is 18.3. The van der Waals surface area contributed by atoms with E-state index in [1.807, 2.05) is 6.07 Å². The molecule has 1 aliphatic rings. The van der Waals surface area contributed by atoms with E-state index in [4.69, 9.17) is 12.2 Å². The minimum atomic E-state index is -0.229. The summed E-state index contributed by atoms with van der Waals surface area (Å²) in [7, 11) is 0. The standard InChI is InChI=1S/C8H8N2O2S/c11-8-3-6(10-12-8)5-1-2-7(13)9-4-5/h1-2,4,6,10H,3H2,(H,9,13). The maximum Gasteiger partial charge on any atom is 0.326 e. The number of hydrogen-bond acceptors (Lipinski definition) is 4. The molecule has 0 spiro atoms. The Labute approximate surface area is 79.9 Å². The zero-order valence-electron chi connectivity index (χ0n) is 6.74.